The van der Waals surface area contributed by atoms with E-state index in [9.17, 15) is 14.0 Å². The molecule has 1 aliphatic heterocycles. The number of benzene rings is 1. The molecule has 0 bridgehead atoms. The number of rotatable bonds is 2. The molecule has 0 atom stereocenters. The van der Waals surface area contributed by atoms with Gasteiger partial charge in [0, 0.05) is 36.6 Å². The third-order valence-electron chi connectivity index (χ3n) is 4.32. The average molecular weight is 346 g/mol. The zero-order valence-corrected chi connectivity index (χ0v) is 14.5. The molecule has 0 spiro atoms. The second-order valence-electron chi connectivity index (χ2n) is 5.94. The van der Waals surface area contributed by atoms with E-state index in [0.717, 1.165) is 15.3 Å². The van der Waals surface area contributed by atoms with Crippen LogP contribution in [0.3, 0.4) is 0 Å². The SMILES string of the molecule is Cc1cc(C(=O)N2CCN(C(=O)c3ccc(F)cc3)CC2)sc1C. The zero-order valence-electron chi connectivity index (χ0n) is 13.7. The van der Waals surface area contributed by atoms with Gasteiger partial charge in [-0.1, -0.05) is 0 Å². The lowest BCUT2D eigenvalue weighted by Crippen LogP contribution is -2.50. The summed E-state index contributed by atoms with van der Waals surface area (Å²) in [6.45, 7) is 6.03. The second kappa shape index (κ2) is 6.73. The van der Waals surface area contributed by atoms with Crippen LogP contribution >= 0.6 is 11.3 Å². The first-order valence-electron chi connectivity index (χ1n) is 7.87. The Labute approximate surface area is 144 Å². The summed E-state index contributed by atoms with van der Waals surface area (Å²) < 4.78 is 13.0. The van der Waals surface area contributed by atoms with Crippen molar-refractivity contribution in [3.8, 4) is 0 Å². The third kappa shape index (κ3) is 3.33. The number of thiophene rings is 1. The fourth-order valence-electron chi connectivity index (χ4n) is 2.72. The van der Waals surface area contributed by atoms with E-state index in [-0.39, 0.29) is 17.6 Å². The normalized spacial score (nSPS) is 14.8. The van der Waals surface area contributed by atoms with Crippen LogP contribution in [0.5, 0.6) is 0 Å². The topological polar surface area (TPSA) is 40.6 Å². The summed E-state index contributed by atoms with van der Waals surface area (Å²) in [7, 11) is 0. The standard InChI is InChI=1S/C18H19FN2O2S/c1-12-11-16(24-13(12)2)18(23)21-9-7-20(8-10-21)17(22)14-3-5-15(19)6-4-14/h3-6,11H,7-10H2,1-2H3. The van der Waals surface area contributed by atoms with Gasteiger partial charge in [0.2, 0.25) is 0 Å². The van der Waals surface area contributed by atoms with Crippen LogP contribution in [0, 0.1) is 19.7 Å². The molecule has 2 aromatic rings. The van der Waals surface area contributed by atoms with Crippen molar-refractivity contribution >= 4 is 23.2 Å². The highest BCUT2D eigenvalue weighted by Gasteiger charge is 2.26. The Morgan fingerprint density at radius 2 is 1.50 bits per heavy atom. The van der Waals surface area contributed by atoms with E-state index < -0.39 is 0 Å². The molecule has 24 heavy (non-hydrogen) atoms. The minimum absolute atomic E-state index is 0.0325. The van der Waals surface area contributed by atoms with E-state index in [2.05, 4.69) is 0 Å². The minimum atomic E-state index is -0.358. The van der Waals surface area contributed by atoms with Crippen LogP contribution < -0.4 is 0 Å². The van der Waals surface area contributed by atoms with Gasteiger partial charge >= 0.3 is 0 Å². The predicted molar refractivity (Wildman–Crippen MR) is 92.0 cm³/mol. The number of carbonyl (C=O) groups is 2. The molecule has 1 saturated heterocycles. The molecule has 4 nitrogen and oxygen atoms in total. The van der Waals surface area contributed by atoms with Gasteiger partial charge in [0.15, 0.2) is 0 Å². The largest absolute Gasteiger partial charge is 0.335 e. The number of amides is 2. The highest BCUT2D eigenvalue weighted by Crippen LogP contribution is 2.22. The van der Waals surface area contributed by atoms with Gasteiger partial charge < -0.3 is 9.80 Å². The Morgan fingerprint density at radius 1 is 0.958 bits per heavy atom. The maximum absolute atomic E-state index is 13.0. The van der Waals surface area contributed by atoms with Crippen LogP contribution in [0.15, 0.2) is 30.3 Å². The Balaban J connectivity index is 1.62. The lowest BCUT2D eigenvalue weighted by Gasteiger charge is -2.34. The van der Waals surface area contributed by atoms with Crippen LogP contribution in [-0.4, -0.2) is 47.8 Å². The Kier molecular flexibility index (Phi) is 4.66. The van der Waals surface area contributed by atoms with Crippen molar-refractivity contribution < 1.29 is 14.0 Å². The Hall–Kier alpha value is -2.21. The van der Waals surface area contributed by atoms with Crippen molar-refractivity contribution in [2.24, 2.45) is 0 Å². The fraction of sp³-hybridized carbons (Fsp3) is 0.333. The molecule has 1 aliphatic rings. The third-order valence-corrected chi connectivity index (χ3v) is 5.46. The minimum Gasteiger partial charge on any atom is -0.335 e. The molecule has 3 rings (SSSR count). The van der Waals surface area contributed by atoms with Gasteiger partial charge in [-0.05, 0) is 49.7 Å². The first-order valence-corrected chi connectivity index (χ1v) is 8.68. The second-order valence-corrected chi connectivity index (χ2v) is 7.20. The molecule has 1 aromatic heterocycles. The van der Waals surface area contributed by atoms with Crippen LogP contribution in [0.1, 0.15) is 30.5 Å². The molecule has 0 aliphatic carbocycles. The smallest absolute Gasteiger partial charge is 0.264 e. The van der Waals surface area contributed by atoms with E-state index in [1.807, 2.05) is 19.9 Å². The molecule has 0 N–H and O–H groups in total. The molecular formula is C18H19FN2O2S. The van der Waals surface area contributed by atoms with Crippen LogP contribution in [0.2, 0.25) is 0 Å². The maximum Gasteiger partial charge on any atom is 0.264 e. The van der Waals surface area contributed by atoms with Crippen molar-refractivity contribution in [3.05, 3.63) is 57.0 Å². The summed E-state index contributed by atoms with van der Waals surface area (Å²) in [5.74, 6) is -0.446. The summed E-state index contributed by atoms with van der Waals surface area (Å²) in [6.07, 6.45) is 0. The Morgan fingerprint density at radius 3 is 2.00 bits per heavy atom. The van der Waals surface area contributed by atoms with Crippen molar-refractivity contribution in [2.75, 3.05) is 26.2 Å². The van der Waals surface area contributed by atoms with Crippen LogP contribution in [0.25, 0.3) is 0 Å². The molecule has 2 heterocycles. The molecule has 0 saturated carbocycles. The summed E-state index contributed by atoms with van der Waals surface area (Å²) in [5.41, 5.74) is 1.61. The van der Waals surface area contributed by atoms with Crippen LogP contribution in [0.4, 0.5) is 4.39 Å². The van der Waals surface area contributed by atoms with Gasteiger partial charge in [0.05, 0.1) is 4.88 Å². The van der Waals surface area contributed by atoms with Gasteiger partial charge in [-0.3, -0.25) is 9.59 Å². The van der Waals surface area contributed by atoms with Gasteiger partial charge in [0.1, 0.15) is 5.82 Å². The Bertz CT molecular complexity index is 742. The fourth-order valence-corrected chi connectivity index (χ4v) is 3.72. The summed E-state index contributed by atoms with van der Waals surface area (Å²) >= 11 is 1.51. The first-order chi connectivity index (χ1) is 11.5. The summed E-state index contributed by atoms with van der Waals surface area (Å²) in [6, 6.07) is 7.49. The van der Waals surface area contributed by atoms with E-state index in [0.29, 0.717) is 31.7 Å². The summed E-state index contributed by atoms with van der Waals surface area (Å²) in [4.78, 5) is 30.4. The molecule has 2 amide bonds. The average Bonchev–Trinajstić information content (AvgIpc) is 2.93. The molecule has 0 unspecified atom stereocenters. The number of aryl methyl sites for hydroxylation is 2. The van der Waals surface area contributed by atoms with Crippen molar-refractivity contribution in [1.29, 1.82) is 0 Å². The van der Waals surface area contributed by atoms with Crippen molar-refractivity contribution in [1.82, 2.24) is 9.80 Å². The molecule has 1 aromatic carbocycles. The lowest BCUT2D eigenvalue weighted by molar-refractivity contribution is 0.0538. The number of piperazine rings is 1. The molecular weight excluding hydrogens is 327 g/mol. The van der Waals surface area contributed by atoms with E-state index in [1.54, 1.807) is 9.80 Å². The van der Waals surface area contributed by atoms with Crippen molar-refractivity contribution in [3.63, 3.8) is 0 Å². The van der Waals surface area contributed by atoms with E-state index in [1.165, 1.54) is 35.6 Å². The van der Waals surface area contributed by atoms with E-state index in [4.69, 9.17) is 0 Å². The number of hydrogen-bond acceptors (Lipinski definition) is 3. The van der Waals surface area contributed by atoms with Crippen molar-refractivity contribution in [2.45, 2.75) is 13.8 Å². The highest BCUT2D eigenvalue weighted by molar-refractivity contribution is 7.14. The van der Waals surface area contributed by atoms with Gasteiger partial charge in [0.25, 0.3) is 11.8 Å². The number of hydrogen-bond donors (Lipinski definition) is 0. The first kappa shape index (κ1) is 16.6. The molecule has 6 heteroatoms. The number of halogens is 1. The lowest BCUT2D eigenvalue weighted by atomic mass is 10.1. The van der Waals surface area contributed by atoms with E-state index >= 15 is 0 Å². The van der Waals surface area contributed by atoms with Gasteiger partial charge in [-0.25, -0.2) is 4.39 Å². The zero-order chi connectivity index (χ0) is 17.3. The maximum atomic E-state index is 13.0. The molecule has 1 fully saturated rings. The number of nitrogens with zero attached hydrogens (tertiary/aromatic N) is 2. The van der Waals surface area contributed by atoms with Gasteiger partial charge in [-0.2, -0.15) is 0 Å². The molecule has 126 valence electrons. The number of carbonyl (C=O) groups excluding carboxylic acids is 2. The monoisotopic (exact) mass is 346 g/mol. The van der Waals surface area contributed by atoms with Gasteiger partial charge in [-0.15, -0.1) is 11.3 Å². The highest BCUT2D eigenvalue weighted by atomic mass is 32.1. The van der Waals surface area contributed by atoms with Crippen LogP contribution in [-0.2, 0) is 0 Å². The predicted octanol–water partition coefficient (Wildman–Crippen LogP) is 3.10. The quantitative estimate of drug-likeness (QED) is 0.838. The molecule has 0 radical (unpaired) electrons. The summed E-state index contributed by atoms with van der Waals surface area (Å²) in [5, 5.41) is 0.